The van der Waals surface area contributed by atoms with Gasteiger partial charge >= 0.3 is 0 Å². The number of methoxy groups -OCH3 is 1. The number of hydrogen-bond donors (Lipinski definition) is 1. The summed E-state index contributed by atoms with van der Waals surface area (Å²) >= 11 is 0. The third kappa shape index (κ3) is 3.41. The van der Waals surface area contributed by atoms with E-state index in [0.717, 1.165) is 29.8 Å². The number of aryl methyl sites for hydroxylation is 2. The molecule has 34 heavy (non-hydrogen) atoms. The van der Waals surface area contributed by atoms with Gasteiger partial charge in [-0.2, -0.15) is 0 Å². The van der Waals surface area contributed by atoms with E-state index in [1.54, 1.807) is 13.4 Å². The molecular weight excluding hydrogens is 437 g/mol. The summed E-state index contributed by atoms with van der Waals surface area (Å²) in [5, 5.41) is 0.477. The number of nitrogens with zero attached hydrogens (tertiary/aromatic N) is 6. The van der Waals surface area contributed by atoms with Gasteiger partial charge in [-0.1, -0.05) is 0 Å². The molecular formula is C24H24FN7O2. The predicted molar refractivity (Wildman–Crippen MR) is 123 cm³/mol. The molecule has 1 N–H and O–H groups in total. The summed E-state index contributed by atoms with van der Waals surface area (Å²) in [5.74, 6) is 0.952. The molecule has 1 aliphatic heterocycles. The van der Waals surface area contributed by atoms with Crippen molar-refractivity contribution in [3.8, 4) is 11.6 Å². The average molecular weight is 462 g/mol. The van der Waals surface area contributed by atoms with Gasteiger partial charge in [-0.15, -0.1) is 0 Å². The molecule has 4 aromatic heterocycles. The molecule has 1 fully saturated rings. The van der Waals surface area contributed by atoms with Crippen LogP contribution in [-0.4, -0.2) is 43.1 Å². The number of fused-ring (bicyclic) bond motifs is 1. The van der Waals surface area contributed by atoms with E-state index in [9.17, 15) is 4.39 Å². The van der Waals surface area contributed by atoms with Crippen LogP contribution in [0.1, 0.15) is 35.8 Å². The first-order valence-electron chi connectivity index (χ1n) is 11.2. The lowest BCUT2D eigenvalue weighted by molar-refractivity contribution is -0.0290. The van der Waals surface area contributed by atoms with Crippen molar-refractivity contribution in [2.45, 2.75) is 31.9 Å². The smallest absolute Gasteiger partial charge is 0.238 e. The molecule has 174 valence electrons. The van der Waals surface area contributed by atoms with E-state index in [1.807, 2.05) is 47.6 Å². The molecule has 10 heteroatoms. The molecule has 4 aromatic rings. The van der Waals surface area contributed by atoms with E-state index in [2.05, 4.69) is 20.4 Å². The Balaban J connectivity index is 1.44. The maximum absolute atomic E-state index is 14.9. The monoisotopic (exact) mass is 461 g/mol. The van der Waals surface area contributed by atoms with Gasteiger partial charge in [0, 0.05) is 31.2 Å². The minimum Gasteiger partial charge on any atom is -0.479 e. The molecule has 1 saturated carbocycles. The van der Waals surface area contributed by atoms with Crippen LogP contribution >= 0.6 is 0 Å². The van der Waals surface area contributed by atoms with Gasteiger partial charge in [-0.05, 0) is 43.9 Å². The molecule has 9 nitrogen and oxygen atoms in total. The molecule has 1 aliphatic carbocycles. The van der Waals surface area contributed by atoms with Gasteiger partial charge in [0.15, 0.2) is 5.84 Å². The number of amidine groups is 1. The second-order valence-corrected chi connectivity index (χ2v) is 8.78. The number of aliphatic imine (C=N–C) groups is 1. The fourth-order valence-electron chi connectivity index (χ4n) is 4.56. The fourth-order valence-corrected chi connectivity index (χ4v) is 4.56. The summed E-state index contributed by atoms with van der Waals surface area (Å²) in [5.41, 5.74) is 6.55. The molecule has 0 unspecified atom stereocenters. The molecule has 0 spiro atoms. The van der Waals surface area contributed by atoms with E-state index >= 15 is 0 Å². The summed E-state index contributed by atoms with van der Waals surface area (Å²) in [4.78, 5) is 24.4. The van der Waals surface area contributed by atoms with Gasteiger partial charge in [-0.25, -0.2) is 24.8 Å². The highest BCUT2D eigenvalue weighted by Crippen LogP contribution is 2.44. The molecule has 0 saturated heterocycles. The standard InChI is InChI=1S/C24H24FN7O2/c1-13-10-32(12-27-13)18-7-6-17(28-24(18)33-3)22-29-20(21(34-30-22)14-4-5-14)15-11-31(2)23-19(15)16(25)8-9-26-23/h6-12,14,20-21H,4-5H2,1-3H3,(H,29,30)/t20-,21+/m1/s1. The van der Waals surface area contributed by atoms with Crippen molar-refractivity contribution in [2.75, 3.05) is 7.11 Å². The fraction of sp³-hybridized carbons (Fsp3) is 0.333. The van der Waals surface area contributed by atoms with E-state index in [4.69, 9.17) is 14.6 Å². The number of halogens is 1. The summed E-state index contributed by atoms with van der Waals surface area (Å²) in [6.07, 6.45) is 8.91. The zero-order valence-corrected chi connectivity index (χ0v) is 19.1. The highest BCUT2D eigenvalue weighted by Gasteiger charge is 2.42. The second kappa shape index (κ2) is 7.91. The lowest BCUT2D eigenvalue weighted by atomic mass is 9.98. The van der Waals surface area contributed by atoms with Crippen LogP contribution < -0.4 is 10.2 Å². The van der Waals surface area contributed by atoms with Crippen LogP contribution in [0.15, 0.2) is 48.1 Å². The third-order valence-electron chi connectivity index (χ3n) is 6.38. The van der Waals surface area contributed by atoms with Crippen molar-refractivity contribution in [3.63, 3.8) is 0 Å². The summed E-state index contributed by atoms with van der Waals surface area (Å²) in [7, 11) is 3.43. The predicted octanol–water partition coefficient (Wildman–Crippen LogP) is 3.41. The van der Waals surface area contributed by atoms with Gasteiger partial charge < -0.3 is 13.9 Å². The van der Waals surface area contributed by atoms with E-state index in [0.29, 0.717) is 34.4 Å². The number of hydrogen-bond acceptors (Lipinski definition) is 7. The number of aromatic nitrogens is 5. The molecule has 2 aliphatic rings. The SMILES string of the molecule is COc1nc(C2=N[C@H](c3cn(C)c4nccc(F)c34)[C@H](C3CC3)ON2)ccc1-n1cnc(C)c1. The first kappa shape index (κ1) is 20.8. The Hall–Kier alpha value is -3.79. The molecule has 0 aromatic carbocycles. The first-order valence-corrected chi connectivity index (χ1v) is 11.2. The molecule has 0 bridgehead atoms. The number of imidazole rings is 1. The van der Waals surface area contributed by atoms with Crippen molar-refractivity contribution in [1.29, 1.82) is 0 Å². The van der Waals surface area contributed by atoms with Crippen LogP contribution in [0.5, 0.6) is 5.88 Å². The Labute approximate surface area is 195 Å². The topological polar surface area (TPSA) is 91.4 Å². The normalized spacial score (nSPS) is 20.3. The first-order chi connectivity index (χ1) is 16.5. The van der Waals surface area contributed by atoms with Crippen LogP contribution in [0.3, 0.4) is 0 Å². The maximum atomic E-state index is 14.9. The maximum Gasteiger partial charge on any atom is 0.238 e. The van der Waals surface area contributed by atoms with Gasteiger partial charge in [0.1, 0.15) is 35.0 Å². The van der Waals surface area contributed by atoms with Gasteiger partial charge in [-0.3, -0.25) is 9.83 Å². The Morgan fingerprint density at radius 1 is 1.18 bits per heavy atom. The van der Waals surface area contributed by atoms with Gasteiger partial charge in [0.25, 0.3) is 0 Å². The summed E-state index contributed by atoms with van der Waals surface area (Å²) in [6.45, 7) is 1.92. The highest BCUT2D eigenvalue weighted by molar-refractivity contribution is 5.97. The Bertz CT molecular complexity index is 1420. The molecule has 0 radical (unpaired) electrons. The van der Waals surface area contributed by atoms with Crippen LogP contribution in [0.4, 0.5) is 4.39 Å². The number of rotatable bonds is 5. The summed E-state index contributed by atoms with van der Waals surface area (Å²) < 4.78 is 24.1. The quantitative estimate of drug-likeness (QED) is 0.490. The Morgan fingerprint density at radius 2 is 2.03 bits per heavy atom. The van der Waals surface area contributed by atoms with Crippen molar-refractivity contribution < 1.29 is 14.0 Å². The van der Waals surface area contributed by atoms with E-state index in [1.165, 1.54) is 12.3 Å². The van der Waals surface area contributed by atoms with Crippen molar-refractivity contribution >= 4 is 16.9 Å². The lowest BCUT2D eigenvalue weighted by Crippen LogP contribution is -2.40. The lowest BCUT2D eigenvalue weighted by Gasteiger charge is -2.30. The van der Waals surface area contributed by atoms with E-state index < -0.39 is 6.04 Å². The van der Waals surface area contributed by atoms with Gasteiger partial charge in [0.05, 0.1) is 24.5 Å². The zero-order chi connectivity index (χ0) is 23.4. The number of nitrogens with one attached hydrogen (secondary N) is 1. The number of hydroxylamine groups is 1. The highest BCUT2D eigenvalue weighted by atomic mass is 19.1. The summed E-state index contributed by atoms with van der Waals surface area (Å²) in [6, 6.07) is 4.74. The van der Waals surface area contributed by atoms with Crippen molar-refractivity contribution in [3.05, 3.63) is 65.9 Å². The molecule has 0 amide bonds. The minimum atomic E-state index is -0.394. The van der Waals surface area contributed by atoms with Crippen LogP contribution in [0, 0.1) is 18.7 Å². The van der Waals surface area contributed by atoms with Crippen LogP contribution in [0.25, 0.3) is 16.7 Å². The van der Waals surface area contributed by atoms with Crippen molar-refractivity contribution in [2.24, 2.45) is 18.0 Å². The Kier molecular flexibility index (Phi) is 4.84. The van der Waals surface area contributed by atoms with E-state index in [-0.39, 0.29) is 11.9 Å². The largest absolute Gasteiger partial charge is 0.479 e. The second-order valence-electron chi connectivity index (χ2n) is 8.78. The zero-order valence-electron chi connectivity index (χ0n) is 19.1. The average Bonchev–Trinajstić information content (AvgIpc) is 3.52. The van der Waals surface area contributed by atoms with Crippen molar-refractivity contribution in [1.82, 2.24) is 29.6 Å². The van der Waals surface area contributed by atoms with Gasteiger partial charge in [0.2, 0.25) is 5.88 Å². The molecule has 5 heterocycles. The van der Waals surface area contributed by atoms with Crippen LogP contribution in [-0.2, 0) is 11.9 Å². The minimum absolute atomic E-state index is 0.205. The Morgan fingerprint density at radius 3 is 2.76 bits per heavy atom. The number of ether oxygens (including phenoxy) is 1. The third-order valence-corrected chi connectivity index (χ3v) is 6.38. The molecule has 2 atom stereocenters. The molecule has 6 rings (SSSR count). The number of pyridine rings is 2. The van der Waals surface area contributed by atoms with Crippen LogP contribution in [0.2, 0.25) is 0 Å².